The first kappa shape index (κ1) is 8.96. The van der Waals surface area contributed by atoms with Crippen molar-refractivity contribution in [3.8, 4) is 0 Å². The third-order valence-corrected chi connectivity index (χ3v) is 1.80. The number of hydrogen-bond acceptors (Lipinski definition) is 3. The SMILES string of the molecule is COC1(N)C=CC=C(C(=O)O)C1. The Morgan fingerprint density at radius 1 is 1.83 bits per heavy atom. The lowest BCUT2D eigenvalue weighted by Gasteiger charge is -2.26. The second kappa shape index (κ2) is 3.08. The average Bonchev–Trinajstić information content (AvgIpc) is 2.05. The first-order chi connectivity index (χ1) is 5.57. The van der Waals surface area contributed by atoms with E-state index in [0.29, 0.717) is 0 Å². The minimum absolute atomic E-state index is 0.204. The summed E-state index contributed by atoms with van der Waals surface area (Å²) in [6, 6.07) is 0. The number of allylic oxidation sites excluding steroid dienone is 2. The Bertz CT molecular complexity index is 257. The van der Waals surface area contributed by atoms with Gasteiger partial charge in [-0.25, -0.2) is 4.79 Å². The number of ether oxygens (including phenoxy) is 1. The molecule has 0 spiro atoms. The Balaban J connectivity index is 2.80. The number of nitrogens with two attached hydrogens (primary N) is 1. The van der Waals surface area contributed by atoms with Crippen LogP contribution in [0.5, 0.6) is 0 Å². The molecule has 0 aromatic carbocycles. The minimum atomic E-state index is -0.956. The molecule has 66 valence electrons. The summed E-state index contributed by atoms with van der Waals surface area (Å²) >= 11 is 0. The van der Waals surface area contributed by atoms with Crippen molar-refractivity contribution in [1.29, 1.82) is 0 Å². The van der Waals surface area contributed by atoms with Gasteiger partial charge < -0.3 is 9.84 Å². The van der Waals surface area contributed by atoms with E-state index in [2.05, 4.69) is 0 Å². The van der Waals surface area contributed by atoms with Crippen LogP contribution in [-0.2, 0) is 9.53 Å². The number of methoxy groups -OCH3 is 1. The number of rotatable bonds is 2. The zero-order valence-corrected chi connectivity index (χ0v) is 6.78. The summed E-state index contributed by atoms with van der Waals surface area (Å²) in [5, 5.41) is 8.65. The van der Waals surface area contributed by atoms with Gasteiger partial charge in [0.05, 0.1) is 0 Å². The zero-order chi connectivity index (χ0) is 9.19. The van der Waals surface area contributed by atoms with Gasteiger partial charge in [-0.2, -0.15) is 0 Å². The van der Waals surface area contributed by atoms with E-state index in [1.54, 1.807) is 12.2 Å². The predicted octanol–water partition coefficient (Wildman–Crippen LogP) is 0.259. The van der Waals surface area contributed by atoms with Crippen LogP contribution in [0.2, 0.25) is 0 Å². The molecule has 4 heteroatoms. The summed E-state index contributed by atoms with van der Waals surface area (Å²) in [6.45, 7) is 0. The van der Waals surface area contributed by atoms with Crippen LogP contribution in [0.4, 0.5) is 0 Å². The molecule has 1 aliphatic rings. The van der Waals surface area contributed by atoms with E-state index in [1.165, 1.54) is 13.2 Å². The second-order valence-electron chi connectivity index (χ2n) is 2.69. The molecule has 0 aromatic rings. The Hall–Kier alpha value is -1.13. The van der Waals surface area contributed by atoms with E-state index in [-0.39, 0.29) is 12.0 Å². The second-order valence-corrected chi connectivity index (χ2v) is 2.69. The molecule has 1 atom stereocenters. The van der Waals surface area contributed by atoms with Gasteiger partial charge >= 0.3 is 5.97 Å². The van der Waals surface area contributed by atoms with Crippen LogP contribution in [0.25, 0.3) is 0 Å². The van der Waals surface area contributed by atoms with Gasteiger partial charge in [0.15, 0.2) is 0 Å². The summed E-state index contributed by atoms with van der Waals surface area (Å²) in [4.78, 5) is 10.5. The molecule has 0 aliphatic heterocycles. The molecule has 1 aliphatic carbocycles. The van der Waals surface area contributed by atoms with Gasteiger partial charge in [-0.1, -0.05) is 12.2 Å². The summed E-state index contributed by atoms with van der Waals surface area (Å²) < 4.78 is 4.95. The van der Waals surface area contributed by atoms with Crippen LogP contribution < -0.4 is 5.73 Å². The van der Waals surface area contributed by atoms with Gasteiger partial charge in [-0.05, 0) is 6.08 Å². The van der Waals surface area contributed by atoms with Crippen molar-refractivity contribution in [2.45, 2.75) is 12.1 Å². The smallest absolute Gasteiger partial charge is 0.331 e. The van der Waals surface area contributed by atoms with Crippen molar-refractivity contribution in [2.75, 3.05) is 7.11 Å². The average molecular weight is 169 g/mol. The summed E-state index contributed by atoms with van der Waals surface area (Å²) in [6.07, 6.45) is 4.96. The first-order valence-electron chi connectivity index (χ1n) is 3.53. The summed E-state index contributed by atoms with van der Waals surface area (Å²) in [5.74, 6) is -0.953. The fourth-order valence-corrected chi connectivity index (χ4v) is 1.03. The van der Waals surface area contributed by atoms with Crippen molar-refractivity contribution in [3.05, 3.63) is 23.8 Å². The molecule has 0 radical (unpaired) electrons. The maximum Gasteiger partial charge on any atom is 0.331 e. The fourth-order valence-electron chi connectivity index (χ4n) is 1.03. The van der Waals surface area contributed by atoms with Crippen molar-refractivity contribution < 1.29 is 14.6 Å². The van der Waals surface area contributed by atoms with Crippen LogP contribution in [0.1, 0.15) is 6.42 Å². The Labute approximate surface area is 70.3 Å². The van der Waals surface area contributed by atoms with Gasteiger partial charge in [0.25, 0.3) is 0 Å². The van der Waals surface area contributed by atoms with Crippen molar-refractivity contribution in [1.82, 2.24) is 0 Å². The van der Waals surface area contributed by atoms with Crippen LogP contribution in [-0.4, -0.2) is 23.9 Å². The molecule has 0 bridgehead atoms. The molecular formula is C8H11NO3. The highest BCUT2D eigenvalue weighted by Gasteiger charge is 2.27. The van der Waals surface area contributed by atoms with Crippen LogP contribution in [0, 0.1) is 0 Å². The number of carbonyl (C=O) groups is 1. The molecule has 0 saturated carbocycles. The summed E-state index contributed by atoms with van der Waals surface area (Å²) in [7, 11) is 1.45. The topological polar surface area (TPSA) is 72.5 Å². The van der Waals surface area contributed by atoms with Crippen molar-refractivity contribution in [2.24, 2.45) is 5.73 Å². The lowest BCUT2D eigenvalue weighted by molar-refractivity contribution is -0.133. The van der Waals surface area contributed by atoms with E-state index in [9.17, 15) is 4.79 Å². The third kappa shape index (κ3) is 1.72. The molecule has 3 N–H and O–H groups in total. The maximum atomic E-state index is 10.5. The molecule has 4 nitrogen and oxygen atoms in total. The van der Waals surface area contributed by atoms with E-state index >= 15 is 0 Å². The van der Waals surface area contributed by atoms with Gasteiger partial charge in [-0.3, -0.25) is 5.73 Å². The summed E-state index contributed by atoms with van der Waals surface area (Å²) in [5.41, 5.74) is 4.98. The van der Waals surface area contributed by atoms with Crippen LogP contribution in [0.3, 0.4) is 0 Å². The highest BCUT2D eigenvalue weighted by molar-refractivity contribution is 5.87. The van der Waals surface area contributed by atoms with Crippen LogP contribution in [0.15, 0.2) is 23.8 Å². The van der Waals surface area contributed by atoms with Crippen molar-refractivity contribution in [3.63, 3.8) is 0 Å². The standard InChI is InChI=1S/C8H11NO3/c1-12-8(9)4-2-3-6(5-8)7(10)11/h2-4H,5,9H2,1H3,(H,10,11). The first-order valence-corrected chi connectivity index (χ1v) is 3.53. The Morgan fingerprint density at radius 3 is 3.00 bits per heavy atom. The number of hydrogen-bond donors (Lipinski definition) is 2. The number of carboxylic acids is 1. The lowest BCUT2D eigenvalue weighted by Crippen LogP contribution is -2.41. The van der Waals surface area contributed by atoms with E-state index in [4.69, 9.17) is 15.6 Å². The molecule has 0 heterocycles. The molecule has 1 unspecified atom stereocenters. The van der Waals surface area contributed by atoms with Gasteiger partial charge in [0.1, 0.15) is 5.72 Å². The van der Waals surface area contributed by atoms with E-state index < -0.39 is 11.7 Å². The zero-order valence-electron chi connectivity index (χ0n) is 6.78. The normalized spacial score (nSPS) is 28.3. The fraction of sp³-hybridized carbons (Fsp3) is 0.375. The molecule has 0 aromatic heterocycles. The molecule has 0 amide bonds. The molecular weight excluding hydrogens is 158 g/mol. The van der Waals surface area contributed by atoms with Gasteiger partial charge in [0, 0.05) is 19.1 Å². The monoisotopic (exact) mass is 169 g/mol. The Morgan fingerprint density at radius 2 is 2.50 bits per heavy atom. The van der Waals surface area contributed by atoms with Crippen LogP contribution >= 0.6 is 0 Å². The highest BCUT2D eigenvalue weighted by Crippen LogP contribution is 2.21. The molecule has 0 fully saturated rings. The quantitative estimate of drug-likeness (QED) is 0.581. The minimum Gasteiger partial charge on any atom is -0.478 e. The molecule has 0 saturated heterocycles. The lowest BCUT2D eigenvalue weighted by atomic mass is 9.98. The number of aliphatic carboxylic acids is 1. The third-order valence-electron chi connectivity index (χ3n) is 1.80. The molecule has 1 rings (SSSR count). The highest BCUT2D eigenvalue weighted by atomic mass is 16.5. The van der Waals surface area contributed by atoms with Gasteiger partial charge in [0.2, 0.25) is 0 Å². The predicted molar refractivity (Wildman–Crippen MR) is 43.4 cm³/mol. The van der Waals surface area contributed by atoms with Gasteiger partial charge in [-0.15, -0.1) is 0 Å². The van der Waals surface area contributed by atoms with Crippen molar-refractivity contribution >= 4 is 5.97 Å². The van der Waals surface area contributed by atoms with E-state index in [1.807, 2.05) is 0 Å². The van der Waals surface area contributed by atoms with E-state index in [0.717, 1.165) is 0 Å². The number of carboxylic acid groups (broad SMARTS) is 1. The largest absolute Gasteiger partial charge is 0.478 e. The Kier molecular flexibility index (Phi) is 2.30. The molecule has 12 heavy (non-hydrogen) atoms. The maximum absolute atomic E-state index is 10.5.